The van der Waals surface area contributed by atoms with E-state index < -0.39 is 0 Å². The Balaban J connectivity index is 0.000000248. The molecule has 0 bridgehead atoms. The van der Waals surface area contributed by atoms with Gasteiger partial charge in [-0.2, -0.15) is 0 Å². The molecule has 0 aliphatic carbocycles. The van der Waals surface area contributed by atoms with Crippen LogP contribution in [0, 0.1) is 0 Å². The Labute approximate surface area is 200 Å². The van der Waals surface area contributed by atoms with Crippen LogP contribution in [0.1, 0.15) is 16.8 Å². The molecule has 0 atom stereocenters. The predicted molar refractivity (Wildman–Crippen MR) is 136 cm³/mol. The molecule has 4 rings (SSSR count). The molecule has 0 spiro atoms. The molecular formula is C28H29N3O3. The van der Waals surface area contributed by atoms with Crippen LogP contribution >= 0.6 is 0 Å². The van der Waals surface area contributed by atoms with Gasteiger partial charge in [-0.3, -0.25) is 0 Å². The molecule has 0 aliphatic rings. The molecule has 0 fully saturated rings. The Hall–Kier alpha value is -4.19. The number of nitrogens with zero attached hydrogens (tertiary/aromatic N) is 2. The van der Waals surface area contributed by atoms with E-state index in [4.69, 9.17) is 14.5 Å². The third-order valence-corrected chi connectivity index (χ3v) is 5.16. The average molecular weight is 456 g/mol. The average Bonchev–Trinajstić information content (AvgIpc) is 2.90. The van der Waals surface area contributed by atoms with Gasteiger partial charge in [-0.25, -0.2) is 9.97 Å². The lowest BCUT2D eigenvalue weighted by Gasteiger charge is -2.10. The number of hydrogen-bond donors (Lipinski definition) is 1. The van der Waals surface area contributed by atoms with Crippen LogP contribution in [0.3, 0.4) is 0 Å². The van der Waals surface area contributed by atoms with E-state index in [0.29, 0.717) is 6.42 Å². The van der Waals surface area contributed by atoms with Crippen LogP contribution in [0.25, 0.3) is 11.3 Å². The smallest absolute Gasteiger partial charge is 0.147 e. The topological polar surface area (TPSA) is 73.3 Å². The molecule has 4 aromatic rings. The number of methoxy groups -OCH3 is 2. The van der Waals surface area contributed by atoms with Gasteiger partial charge >= 0.3 is 0 Å². The summed E-state index contributed by atoms with van der Waals surface area (Å²) in [6.45, 7) is 0. The predicted octanol–water partition coefficient (Wildman–Crippen LogP) is 5.22. The second-order valence-electron chi connectivity index (χ2n) is 7.41. The number of anilines is 1. The Morgan fingerprint density at radius 2 is 1.44 bits per heavy atom. The highest BCUT2D eigenvalue weighted by Crippen LogP contribution is 2.23. The lowest BCUT2D eigenvalue weighted by Crippen LogP contribution is -2.03. The van der Waals surface area contributed by atoms with Gasteiger partial charge in [0.1, 0.15) is 23.6 Å². The van der Waals surface area contributed by atoms with E-state index >= 15 is 0 Å². The number of hydrogen-bond acceptors (Lipinski definition) is 6. The van der Waals surface area contributed by atoms with Crippen LogP contribution in [0.2, 0.25) is 0 Å². The molecule has 6 heteroatoms. The zero-order valence-electron chi connectivity index (χ0n) is 19.7. The molecule has 0 amide bonds. The molecule has 6 nitrogen and oxygen atoms in total. The van der Waals surface area contributed by atoms with Crippen LogP contribution in [0.5, 0.6) is 11.5 Å². The van der Waals surface area contributed by atoms with E-state index in [-0.39, 0.29) is 0 Å². The van der Waals surface area contributed by atoms with Gasteiger partial charge in [0.2, 0.25) is 0 Å². The van der Waals surface area contributed by atoms with Crippen LogP contribution in [0.15, 0.2) is 85.1 Å². The standard InChI is InChI=1S/C19H19N3O.C9H10O2/c1-20-19-17(12-14-6-4-3-5-7-14)22-18(13-21-19)15-8-10-16(23-2)11-9-15;1-11-9-4-2-8(3-5-9)6-7-10/h3-11,13H,12H2,1-2H3,(H,20,21);2-5,7H,6H2,1H3. The summed E-state index contributed by atoms with van der Waals surface area (Å²) in [5.41, 5.74) is 5.05. The van der Waals surface area contributed by atoms with Crippen LogP contribution in [-0.4, -0.2) is 37.5 Å². The van der Waals surface area contributed by atoms with Crippen molar-refractivity contribution in [2.45, 2.75) is 12.8 Å². The molecule has 0 radical (unpaired) electrons. The zero-order valence-corrected chi connectivity index (χ0v) is 19.7. The summed E-state index contributed by atoms with van der Waals surface area (Å²) >= 11 is 0. The Morgan fingerprint density at radius 3 is 2.00 bits per heavy atom. The van der Waals surface area contributed by atoms with Gasteiger partial charge in [0.15, 0.2) is 0 Å². The van der Waals surface area contributed by atoms with Gasteiger partial charge in [-0.05, 0) is 47.5 Å². The van der Waals surface area contributed by atoms with Crippen molar-refractivity contribution in [2.24, 2.45) is 0 Å². The van der Waals surface area contributed by atoms with Crippen molar-refractivity contribution in [2.75, 3.05) is 26.6 Å². The summed E-state index contributed by atoms with van der Waals surface area (Å²) in [7, 11) is 5.15. The number of aldehydes is 1. The fourth-order valence-corrected chi connectivity index (χ4v) is 3.31. The van der Waals surface area contributed by atoms with Crippen molar-refractivity contribution in [1.82, 2.24) is 9.97 Å². The molecule has 34 heavy (non-hydrogen) atoms. The Kier molecular flexibility index (Phi) is 9.17. The largest absolute Gasteiger partial charge is 0.497 e. The first kappa shape index (κ1) is 24.5. The van der Waals surface area contributed by atoms with E-state index in [9.17, 15) is 4.79 Å². The maximum atomic E-state index is 10.1. The van der Waals surface area contributed by atoms with Gasteiger partial charge in [0, 0.05) is 25.5 Å². The fourth-order valence-electron chi connectivity index (χ4n) is 3.31. The van der Waals surface area contributed by atoms with Crippen molar-refractivity contribution in [3.8, 4) is 22.8 Å². The van der Waals surface area contributed by atoms with Crippen LogP contribution in [0.4, 0.5) is 5.82 Å². The first-order valence-electron chi connectivity index (χ1n) is 11.0. The number of aromatic nitrogens is 2. The number of rotatable bonds is 8. The minimum absolute atomic E-state index is 0.476. The molecule has 1 heterocycles. The van der Waals surface area contributed by atoms with Gasteiger partial charge in [-0.15, -0.1) is 0 Å². The minimum atomic E-state index is 0.476. The van der Waals surface area contributed by atoms with Crippen molar-refractivity contribution in [1.29, 1.82) is 0 Å². The van der Waals surface area contributed by atoms with E-state index in [1.54, 1.807) is 20.4 Å². The summed E-state index contributed by atoms with van der Waals surface area (Å²) < 4.78 is 10.2. The normalized spacial score (nSPS) is 9.97. The molecule has 0 aliphatic heterocycles. The molecule has 0 saturated heterocycles. The summed E-state index contributed by atoms with van der Waals surface area (Å²) in [6.07, 6.45) is 3.90. The lowest BCUT2D eigenvalue weighted by atomic mass is 10.1. The van der Waals surface area contributed by atoms with E-state index in [1.807, 2.05) is 73.8 Å². The number of ether oxygens (including phenoxy) is 2. The third kappa shape index (κ3) is 6.90. The number of benzene rings is 3. The van der Waals surface area contributed by atoms with Crippen molar-refractivity contribution in [3.63, 3.8) is 0 Å². The van der Waals surface area contributed by atoms with Gasteiger partial charge in [0.25, 0.3) is 0 Å². The first-order valence-corrected chi connectivity index (χ1v) is 11.0. The molecule has 0 unspecified atom stereocenters. The SMILES string of the molecule is CNc1ncc(-c2ccc(OC)cc2)nc1Cc1ccccc1.COc1ccc(CC=O)cc1. The number of nitrogens with one attached hydrogen (secondary N) is 1. The summed E-state index contributed by atoms with van der Waals surface area (Å²) in [4.78, 5) is 19.4. The molecular weight excluding hydrogens is 426 g/mol. The molecule has 1 N–H and O–H groups in total. The Bertz CT molecular complexity index is 1160. The highest BCUT2D eigenvalue weighted by molar-refractivity contribution is 5.61. The monoisotopic (exact) mass is 455 g/mol. The van der Waals surface area contributed by atoms with Crippen molar-refractivity contribution in [3.05, 3.63) is 102 Å². The summed E-state index contributed by atoms with van der Waals surface area (Å²) in [5, 5.41) is 3.12. The highest BCUT2D eigenvalue weighted by Gasteiger charge is 2.09. The van der Waals surface area contributed by atoms with Crippen molar-refractivity contribution < 1.29 is 14.3 Å². The second-order valence-corrected chi connectivity index (χ2v) is 7.41. The van der Waals surface area contributed by atoms with Crippen LogP contribution < -0.4 is 14.8 Å². The summed E-state index contributed by atoms with van der Waals surface area (Å²) in [5.74, 6) is 2.46. The fraction of sp³-hybridized carbons (Fsp3) is 0.179. The lowest BCUT2D eigenvalue weighted by molar-refractivity contribution is -0.107. The minimum Gasteiger partial charge on any atom is -0.497 e. The highest BCUT2D eigenvalue weighted by atomic mass is 16.5. The van der Waals surface area contributed by atoms with Gasteiger partial charge < -0.3 is 19.6 Å². The van der Waals surface area contributed by atoms with E-state index in [1.165, 1.54) is 5.56 Å². The third-order valence-electron chi connectivity index (χ3n) is 5.16. The zero-order chi connectivity index (χ0) is 24.2. The maximum Gasteiger partial charge on any atom is 0.147 e. The maximum absolute atomic E-state index is 10.1. The summed E-state index contributed by atoms with van der Waals surface area (Å²) in [6, 6.07) is 25.6. The number of carbonyl (C=O) groups is 1. The quantitative estimate of drug-likeness (QED) is 0.367. The van der Waals surface area contributed by atoms with Gasteiger partial charge in [-0.1, -0.05) is 42.5 Å². The Morgan fingerprint density at radius 1 is 0.824 bits per heavy atom. The van der Waals surface area contributed by atoms with E-state index in [2.05, 4.69) is 22.4 Å². The molecule has 0 saturated carbocycles. The first-order chi connectivity index (χ1) is 16.7. The second kappa shape index (κ2) is 12.7. The number of carbonyl (C=O) groups excluding carboxylic acids is 1. The van der Waals surface area contributed by atoms with Gasteiger partial charge in [0.05, 0.1) is 31.8 Å². The molecule has 1 aromatic heterocycles. The molecule has 3 aromatic carbocycles. The molecule has 174 valence electrons. The van der Waals surface area contributed by atoms with Crippen LogP contribution in [-0.2, 0) is 17.6 Å². The van der Waals surface area contributed by atoms with E-state index in [0.717, 1.165) is 52.5 Å². The van der Waals surface area contributed by atoms with Crippen molar-refractivity contribution >= 4 is 12.1 Å².